The van der Waals surface area contributed by atoms with Gasteiger partial charge in [0.05, 0.1) is 7.11 Å². The second-order valence-electron chi connectivity index (χ2n) is 8.74. The lowest BCUT2D eigenvalue weighted by Crippen LogP contribution is -2.43. The van der Waals surface area contributed by atoms with Crippen molar-refractivity contribution in [3.05, 3.63) is 59.9 Å². The van der Waals surface area contributed by atoms with Gasteiger partial charge in [-0.15, -0.1) is 0 Å². The molecule has 3 heterocycles. The molecule has 0 saturated carbocycles. The molecule has 2 aliphatic heterocycles. The van der Waals surface area contributed by atoms with Crippen LogP contribution < -0.4 is 14.8 Å². The third kappa shape index (κ3) is 4.71. The number of methoxy groups -OCH3 is 1. The predicted molar refractivity (Wildman–Crippen MR) is 122 cm³/mol. The van der Waals surface area contributed by atoms with Gasteiger partial charge in [0.25, 0.3) is 17.6 Å². The first kappa shape index (κ1) is 21.5. The van der Waals surface area contributed by atoms with E-state index in [1.807, 2.05) is 24.3 Å². The Bertz CT molecular complexity index is 1100. The lowest BCUT2D eigenvalue weighted by atomic mass is 10.0. The number of hydrogen-bond donors (Lipinski definition) is 1. The number of hydrogen-bond acceptors (Lipinski definition) is 7. The van der Waals surface area contributed by atoms with Gasteiger partial charge < -0.3 is 24.2 Å². The van der Waals surface area contributed by atoms with Crippen molar-refractivity contribution < 1.29 is 18.8 Å². The number of nitrogens with zero attached hydrogens (tertiary/aromatic N) is 3. The molecule has 0 aliphatic carbocycles. The van der Waals surface area contributed by atoms with Crippen molar-refractivity contribution in [2.45, 2.75) is 50.4 Å². The minimum Gasteiger partial charge on any atom is -0.497 e. The number of ether oxygens (including phenoxy) is 2. The van der Waals surface area contributed by atoms with E-state index in [2.05, 4.69) is 27.4 Å². The van der Waals surface area contributed by atoms with E-state index in [-0.39, 0.29) is 17.8 Å². The minimum atomic E-state index is -0.392. The number of carbonyl (C=O) groups is 1. The largest absolute Gasteiger partial charge is 0.497 e. The van der Waals surface area contributed by atoms with Gasteiger partial charge in [0.2, 0.25) is 0 Å². The van der Waals surface area contributed by atoms with Gasteiger partial charge in [0, 0.05) is 24.2 Å². The number of amides is 1. The highest BCUT2D eigenvalue weighted by molar-refractivity contribution is 5.90. The summed E-state index contributed by atoms with van der Waals surface area (Å²) >= 11 is 0. The van der Waals surface area contributed by atoms with E-state index in [4.69, 9.17) is 14.0 Å². The summed E-state index contributed by atoms with van der Waals surface area (Å²) in [5, 5.41) is 6.66. The first-order valence-electron chi connectivity index (χ1n) is 11.3. The summed E-state index contributed by atoms with van der Waals surface area (Å²) in [6, 6.07) is 16.3. The van der Waals surface area contributed by atoms with E-state index in [1.54, 1.807) is 31.4 Å². The maximum Gasteiger partial charge on any atom is 0.292 e. The molecular weight excluding hydrogens is 420 g/mol. The van der Waals surface area contributed by atoms with Crippen molar-refractivity contribution in [3.8, 4) is 23.0 Å². The van der Waals surface area contributed by atoms with Crippen LogP contribution in [0.5, 0.6) is 11.5 Å². The van der Waals surface area contributed by atoms with E-state index >= 15 is 0 Å². The number of aromatic nitrogens is 2. The van der Waals surface area contributed by atoms with Gasteiger partial charge in [-0.2, -0.15) is 4.98 Å². The Labute approximate surface area is 192 Å². The number of carbonyl (C=O) groups excluding carboxylic acids is 1. The Morgan fingerprint density at radius 1 is 1.12 bits per heavy atom. The van der Waals surface area contributed by atoms with Crippen molar-refractivity contribution >= 4 is 5.91 Å². The van der Waals surface area contributed by atoms with Crippen LogP contribution in [0.4, 0.5) is 0 Å². The highest BCUT2D eigenvalue weighted by atomic mass is 16.5. The van der Waals surface area contributed by atoms with Crippen LogP contribution in [0.1, 0.15) is 41.9 Å². The molecule has 2 aliphatic rings. The van der Waals surface area contributed by atoms with Crippen LogP contribution in [-0.4, -0.2) is 53.3 Å². The highest BCUT2D eigenvalue weighted by Crippen LogP contribution is 2.36. The average Bonchev–Trinajstić information content (AvgIpc) is 3.40. The van der Waals surface area contributed by atoms with Crippen molar-refractivity contribution in [3.63, 3.8) is 0 Å². The standard InChI is InChI=1S/C25H28N4O4/c1-29-18-8-9-19(29)14-22(13-18)32-21-5-3-4-16(12-21)15-26-24(30)23-27-25(33-28-23)17-6-10-20(31-2)11-7-17/h3-7,10-12,18-19,22H,8-9,13-15H2,1-2H3,(H,26,30)/t18-,19-/m0/s1. The van der Waals surface area contributed by atoms with Gasteiger partial charge in [-0.05, 0) is 74.7 Å². The molecule has 1 amide bonds. The van der Waals surface area contributed by atoms with Crippen molar-refractivity contribution in [2.24, 2.45) is 0 Å². The molecular formula is C25H28N4O4. The normalized spacial score (nSPS) is 22.2. The van der Waals surface area contributed by atoms with Gasteiger partial charge in [-0.25, -0.2) is 0 Å². The summed E-state index contributed by atoms with van der Waals surface area (Å²) in [5.74, 6) is 1.46. The molecule has 2 aromatic carbocycles. The van der Waals surface area contributed by atoms with Crippen LogP contribution in [0.15, 0.2) is 53.1 Å². The lowest BCUT2D eigenvalue weighted by Gasteiger charge is -2.36. The van der Waals surface area contributed by atoms with E-state index in [1.165, 1.54) is 12.8 Å². The molecule has 2 atom stereocenters. The molecule has 2 bridgehead atoms. The van der Waals surface area contributed by atoms with Crippen LogP contribution >= 0.6 is 0 Å². The van der Waals surface area contributed by atoms with E-state index in [0.29, 0.717) is 18.6 Å². The van der Waals surface area contributed by atoms with Gasteiger partial charge >= 0.3 is 0 Å². The second kappa shape index (κ2) is 9.23. The molecule has 3 aromatic rings. The molecule has 33 heavy (non-hydrogen) atoms. The van der Waals surface area contributed by atoms with Crippen LogP contribution in [0.3, 0.4) is 0 Å². The summed E-state index contributed by atoms with van der Waals surface area (Å²) in [5.41, 5.74) is 1.67. The SMILES string of the molecule is COc1ccc(-c2nc(C(=O)NCc3cccc(OC4C[C@@H]5CC[C@@H](C4)N5C)c3)no2)cc1. The number of piperidine rings is 1. The molecule has 172 valence electrons. The number of fused-ring (bicyclic) bond motifs is 2. The summed E-state index contributed by atoms with van der Waals surface area (Å²) in [6.07, 6.45) is 4.93. The lowest BCUT2D eigenvalue weighted by molar-refractivity contribution is 0.0661. The van der Waals surface area contributed by atoms with Gasteiger partial charge in [-0.1, -0.05) is 17.3 Å². The first-order valence-corrected chi connectivity index (χ1v) is 11.3. The molecule has 0 spiro atoms. The Morgan fingerprint density at radius 3 is 2.61 bits per heavy atom. The minimum absolute atomic E-state index is 0.00461. The molecule has 2 fully saturated rings. The fourth-order valence-corrected chi connectivity index (χ4v) is 4.81. The fourth-order valence-electron chi connectivity index (χ4n) is 4.81. The molecule has 8 heteroatoms. The maximum atomic E-state index is 12.5. The monoisotopic (exact) mass is 448 g/mol. The Hall–Kier alpha value is -3.39. The van der Waals surface area contributed by atoms with Crippen LogP contribution in [0.2, 0.25) is 0 Å². The predicted octanol–water partition coefficient (Wildman–Crippen LogP) is 3.68. The molecule has 0 unspecified atom stereocenters. The quantitative estimate of drug-likeness (QED) is 0.590. The van der Waals surface area contributed by atoms with Crippen LogP contribution in [0, 0.1) is 0 Å². The summed E-state index contributed by atoms with van der Waals surface area (Å²) < 4.78 is 16.7. The zero-order valence-corrected chi connectivity index (χ0v) is 18.9. The molecule has 1 aromatic heterocycles. The second-order valence-corrected chi connectivity index (χ2v) is 8.74. The first-order chi connectivity index (χ1) is 16.1. The average molecular weight is 449 g/mol. The zero-order valence-electron chi connectivity index (χ0n) is 18.9. The van der Waals surface area contributed by atoms with E-state index in [0.717, 1.165) is 35.5 Å². The topological polar surface area (TPSA) is 89.7 Å². The van der Waals surface area contributed by atoms with Crippen LogP contribution in [0.25, 0.3) is 11.5 Å². The number of benzene rings is 2. The smallest absolute Gasteiger partial charge is 0.292 e. The van der Waals surface area contributed by atoms with Crippen molar-refractivity contribution in [2.75, 3.05) is 14.2 Å². The Balaban J connectivity index is 1.17. The molecule has 0 radical (unpaired) electrons. The summed E-state index contributed by atoms with van der Waals surface area (Å²) in [7, 11) is 3.83. The zero-order chi connectivity index (χ0) is 22.8. The van der Waals surface area contributed by atoms with Crippen molar-refractivity contribution in [1.29, 1.82) is 0 Å². The van der Waals surface area contributed by atoms with Crippen molar-refractivity contribution in [1.82, 2.24) is 20.4 Å². The van der Waals surface area contributed by atoms with Gasteiger partial charge in [-0.3, -0.25) is 4.79 Å². The number of rotatable bonds is 7. The molecule has 1 N–H and O–H groups in total. The maximum absolute atomic E-state index is 12.5. The van der Waals surface area contributed by atoms with E-state index in [9.17, 15) is 4.79 Å². The fraction of sp³-hybridized carbons (Fsp3) is 0.400. The van der Waals surface area contributed by atoms with Gasteiger partial charge in [0.15, 0.2) is 0 Å². The van der Waals surface area contributed by atoms with Crippen LogP contribution in [-0.2, 0) is 6.54 Å². The Morgan fingerprint density at radius 2 is 1.88 bits per heavy atom. The van der Waals surface area contributed by atoms with Gasteiger partial charge in [0.1, 0.15) is 17.6 Å². The third-order valence-corrected chi connectivity index (χ3v) is 6.68. The summed E-state index contributed by atoms with van der Waals surface area (Å²) in [6.45, 7) is 0.348. The highest BCUT2D eigenvalue weighted by Gasteiger charge is 2.39. The molecule has 8 nitrogen and oxygen atoms in total. The number of nitrogens with one attached hydrogen (secondary N) is 1. The molecule has 5 rings (SSSR count). The summed E-state index contributed by atoms with van der Waals surface area (Å²) in [4.78, 5) is 19.2. The third-order valence-electron chi connectivity index (χ3n) is 6.68. The van der Waals surface area contributed by atoms with E-state index < -0.39 is 5.91 Å². The molecule has 2 saturated heterocycles. The Kier molecular flexibility index (Phi) is 6.00.